The van der Waals surface area contributed by atoms with Crippen LogP contribution in [0.2, 0.25) is 0 Å². The highest BCUT2D eigenvalue weighted by Crippen LogP contribution is 2.62. The third kappa shape index (κ3) is 4.88. The molecule has 1 nitrogen and oxygen atoms in total. The SMILES string of the molecule is Cc1cccc(C(O)(CC(F)(F)C(F)(F)C(F)(F)C(F)(F)C(F)(F)C(F)(F)F)C(C)c2ccccc2)c1. The number of hydrogen-bond acceptors (Lipinski definition) is 1. The van der Waals surface area contributed by atoms with Crippen molar-refractivity contribution < 1.29 is 62.2 Å². The highest BCUT2D eigenvalue weighted by atomic mass is 19.4. The standard InChI is InChI=1S/C23H19F13O/c1-13-7-6-10-16(11-13)17(37,14(2)15-8-4-3-5-9-15)12-18(24,25)19(26,27)20(28,29)21(30,31)22(32,33)23(34,35)36/h3-11,14,37H,12H2,1-2H3. The summed E-state index contributed by atoms with van der Waals surface area (Å²) in [5.41, 5.74) is -3.53. The molecule has 1 N–H and O–H groups in total. The Bertz CT molecular complexity index is 1080. The fraction of sp³-hybridized carbons (Fsp3) is 0.478. The van der Waals surface area contributed by atoms with Crippen LogP contribution in [0.25, 0.3) is 0 Å². The normalized spacial score (nSPS) is 16.9. The highest BCUT2D eigenvalue weighted by molar-refractivity contribution is 5.34. The van der Waals surface area contributed by atoms with E-state index >= 15 is 0 Å². The van der Waals surface area contributed by atoms with Gasteiger partial charge in [-0.05, 0) is 18.1 Å². The van der Waals surface area contributed by atoms with Crippen molar-refractivity contribution in [3.63, 3.8) is 0 Å². The molecule has 0 fully saturated rings. The summed E-state index contributed by atoms with van der Waals surface area (Å²) in [4.78, 5) is 0. The predicted octanol–water partition coefficient (Wildman–Crippen LogP) is 8.12. The molecular formula is C23H19F13O. The lowest BCUT2D eigenvalue weighted by Gasteiger charge is -2.43. The van der Waals surface area contributed by atoms with Gasteiger partial charge in [-0.1, -0.05) is 67.1 Å². The Kier molecular flexibility index (Phi) is 7.76. The summed E-state index contributed by atoms with van der Waals surface area (Å²) in [6.45, 7) is 2.38. The first-order chi connectivity index (χ1) is 16.5. The number of aliphatic hydroxyl groups is 1. The number of rotatable bonds is 9. The van der Waals surface area contributed by atoms with E-state index in [9.17, 15) is 62.2 Å². The summed E-state index contributed by atoms with van der Waals surface area (Å²) in [7, 11) is 0. The molecule has 2 aromatic rings. The van der Waals surface area contributed by atoms with Gasteiger partial charge in [-0.3, -0.25) is 0 Å². The molecule has 0 aromatic heterocycles. The summed E-state index contributed by atoms with van der Waals surface area (Å²) >= 11 is 0. The van der Waals surface area contributed by atoms with Crippen molar-refractivity contribution in [2.24, 2.45) is 0 Å². The Morgan fingerprint density at radius 2 is 1.14 bits per heavy atom. The lowest BCUT2D eigenvalue weighted by molar-refractivity contribution is -0.441. The van der Waals surface area contributed by atoms with Crippen molar-refractivity contribution in [2.45, 2.75) is 67.6 Å². The fourth-order valence-electron chi connectivity index (χ4n) is 3.69. The molecule has 14 heteroatoms. The molecule has 0 aliphatic heterocycles. The number of benzene rings is 2. The van der Waals surface area contributed by atoms with Crippen molar-refractivity contribution >= 4 is 0 Å². The molecule has 0 bridgehead atoms. The quantitative estimate of drug-likeness (QED) is 0.309. The minimum absolute atomic E-state index is 0.00804. The van der Waals surface area contributed by atoms with E-state index in [0.29, 0.717) is 0 Å². The molecule has 0 radical (unpaired) electrons. The van der Waals surface area contributed by atoms with Gasteiger partial charge in [0.1, 0.15) is 5.60 Å². The molecule has 0 aliphatic rings. The van der Waals surface area contributed by atoms with Crippen LogP contribution in [0.5, 0.6) is 0 Å². The first-order valence-corrected chi connectivity index (χ1v) is 10.3. The molecule has 0 heterocycles. The van der Waals surface area contributed by atoms with Gasteiger partial charge in [0.25, 0.3) is 0 Å². The fourth-order valence-corrected chi connectivity index (χ4v) is 3.69. The van der Waals surface area contributed by atoms with Crippen LogP contribution in [0.15, 0.2) is 54.6 Å². The maximum absolute atomic E-state index is 14.8. The van der Waals surface area contributed by atoms with Crippen LogP contribution < -0.4 is 0 Å². The van der Waals surface area contributed by atoms with Gasteiger partial charge < -0.3 is 5.11 Å². The van der Waals surface area contributed by atoms with Gasteiger partial charge in [-0.15, -0.1) is 0 Å². The molecule has 2 unspecified atom stereocenters. The van der Waals surface area contributed by atoms with Gasteiger partial charge in [0.05, 0.1) is 6.42 Å². The van der Waals surface area contributed by atoms with Gasteiger partial charge in [0.15, 0.2) is 0 Å². The van der Waals surface area contributed by atoms with Crippen LogP contribution in [0.1, 0.15) is 36.0 Å². The lowest BCUT2D eigenvalue weighted by atomic mass is 9.73. The average molecular weight is 558 g/mol. The number of alkyl halides is 13. The maximum atomic E-state index is 14.8. The predicted molar refractivity (Wildman–Crippen MR) is 105 cm³/mol. The number of aryl methyl sites for hydroxylation is 1. The third-order valence-electron chi connectivity index (χ3n) is 6.02. The average Bonchev–Trinajstić information content (AvgIpc) is 2.77. The van der Waals surface area contributed by atoms with Gasteiger partial charge in [-0.2, -0.15) is 57.1 Å². The molecule has 2 rings (SSSR count). The summed E-state index contributed by atoms with van der Waals surface area (Å²) < 4.78 is 177. The van der Waals surface area contributed by atoms with E-state index in [1.54, 1.807) is 0 Å². The lowest BCUT2D eigenvalue weighted by Crippen LogP contribution is -2.70. The Morgan fingerprint density at radius 1 is 0.649 bits per heavy atom. The van der Waals surface area contributed by atoms with Crippen molar-refractivity contribution in [1.29, 1.82) is 0 Å². The second kappa shape index (κ2) is 9.35. The van der Waals surface area contributed by atoms with Crippen molar-refractivity contribution in [3.8, 4) is 0 Å². The molecule has 0 amide bonds. The van der Waals surface area contributed by atoms with Crippen molar-refractivity contribution in [1.82, 2.24) is 0 Å². The van der Waals surface area contributed by atoms with E-state index in [1.807, 2.05) is 0 Å². The zero-order valence-electron chi connectivity index (χ0n) is 18.8. The van der Waals surface area contributed by atoms with E-state index in [2.05, 4.69) is 0 Å². The first-order valence-electron chi connectivity index (χ1n) is 10.3. The highest BCUT2D eigenvalue weighted by Gasteiger charge is 2.90. The van der Waals surface area contributed by atoms with E-state index in [0.717, 1.165) is 25.1 Å². The molecule has 2 atom stereocenters. The summed E-state index contributed by atoms with van der Waals surface area (Å²) in [5.74, 6) is -39.3. The molecule has 2 aromatic carbocycles. The van der Waals surface area contributed by atoms with Crippen LogP contribution in [0, 0.1) is 6.92 Å². The smallest absolute Gasteiger partial charge is 0.384 e. The maximum Gasteiger partial charge on any atom is 0.460 e. The van der Waals surface area contributed by atoms with Gasteiger partial charge >= 0.3 is 35.8 Å². The number of hydrogen-bond donors (Lipinski definition) is 1. The number of halogens is 13. The van der Waals surface area contributed by atoms with E-state index < -0.39 is 59.3 Å². The Balaban J connectivity index is 2.68. The first kappa shape index (κ1) is 30.7. The van der Waals surface area contributed by atoms with Crippen LogP contribution >= 0.6 is 0 Å². The van der Waals surface area contributed by atoms with E-state index in [1.165, 1.54) is 43.3 Å². The minimum Gasteiger partial charge on any atom is -0.384 e. The van der Waals surface area contributed by atoms with Gasteiger partial charge in [0, 0.05) is 5.92 Å². The van der Waals surface area contributed by atoms with Crippen LogP contribution in [-0.4, -0.2) is 40.9 Å². The Hall–Kier alpha value is -2.51. The van der Waals surface area contributed by atoms with Crippen LogP contribution in [-0.2, 0) is 5.60 Å². The summed E-state index contributed by atoms with van der Waals surface area (Å²) in [6.07, 6.45) is -10.2. The summed E-state index contributed by atoms with van der Waals surface area (Å²) in [5, 5.41) is 11.2. The van der Waals surface area contributed by atoms with Crippen LogP contribution in [0.3, 0.4) is 0 Å². The Labute approximate surface area is 201 Å². The minimum atomic E-state index is -8.00. The monoisotopic (exact) mass is 558 g/mol. The van der Waals surface area contributed by atoms with Gasteiger partial charge in [0.2, 0.25) is 0 Å². The largest absolute Gasteiger partial charge is 0.460 e. The molecule has 0 aliphatic carbocycles. The topological polar surface area (TPSA) is 20.2 Å². The van der Waals surface area contributed by atoms with Gasteiger partial charge in [-0.25, -0.2) is 0 Å². The van der Waals surface area contributed by atoms with Crippen molar-refractivity contribution in [2.75, 3.05) is 0 Å². The van der Waals surface area contributed by atoms with Crippen LogP contribution in [0.4, 0.5) is 57.1 Å². The second-order valence-corrected chi connectivity index (χ2v) is 8.60. The zero-order chi connectivity index (χ0) is 28.9. The zero-order valence-corrected chi connectivity index (χ0v) is 18.8. The molecule has 37 heavy (non-hydrogen) atoms. The molecular weight excluding hydrogens is 539 g/mol. The molecule has 208 valence electrons. The third-order valence-corrected chi connectivity index (χ3v) is 6.02. The molecule has 0 spiro atoms. The van der Waals surface area contributed by atoms with E-state index in [-0.39, 0.29) is 11.1 Å². The van der Waals surface area contributed by atoms with Crippen molar-refractivity contribution in [3.05, 3.63) is 71.3 Å². The second-order valence-electron chi connectivity index (χ2n) is 8.60. The molecule has 0 saturated heterocycles. The van der Waals surface area contributed by atoms with E-state index in [4.69, 9.17) is 0 Å². The Morgan fingerprint density at radius 3 is 1.59 bits per heavy atom. The molecule has 0 saturated carbocycles. The summed E-state index contributed by atoms with van der Waals surface area (Å²) in [6, 6.07) is 11.0.